The summed E-state index contributed by atoms with van der Waals surface area (Å²) in [6.45, 7) is 6.43. The molecule has 0 aliphatic carbocycles. The average Bonchev–Trinajstić information content (AvgIpc) is 3.21. The van der Waals surface area contributed by atoms with E-state index in [1.54, 1.807) is 0 Å². The number of hydrogen-bond acceptors (Lipinski definition) is 6. The van der Waals surface area contributed by atoms with Crippen molar-refractivity contribution in [1.82, 2.24) is 0 Å². The fourth-order valence-electron chi connectivity index (χ4n) is 6.41. The quantitative estimate of drug-likeness (QED) is 0.0201. The summed E-state index contributed by atoms with van der Waals surface area (Å²) in [6.07, 6.45) is 55.0. The van der Waals surface area contributed by atoms with Crippen LogP contribution in [0.1, 0.15) is 226 Å². The number of allylic oxidation sites excluding steroid dienone is 10. The third-order valence-corrected chi connectivity index (χ3v) is 10.0. The number of rotatable bonds is 42. The first-order valence-corrected chi connectivity index (χ1v) is 23.8. The van der Waals surface area contributed by atoms with Crippen molar-refractivity contribution < 1.29 is 28.6 Å². The molecule has 6 heteroatoms. The van der Waals surface area contributed by atoms with Gasteiger partial charge in [0.2, 0.25) is 0 Å². The Morgan fingerprint density at radius 1 is 0.386 bits per heavy atom. The van der Waals surface area contributed by atoms with Crippen molar-refractivity contribution in [2.45, 2.75) is 232 Å². The SMILES string of the molecule is CC/C=C\C/C=C\CCCCCCCC(=O)OC(COC(=O)CCC/C=C\CCCCCC)COC(=O)CCCCCCC/C=C\C=C/CCCCCCCCC. The number of unbranched alkanes of at least 4 members (excludes halogenated alkanes) is 22. The van der Waals surface area contributed by atoms with Crippen molar-refractivity contribution in [1.29, 1.82) is 0 Å². The van der Waals surface area contributed by atoms with Gasteiger partial charge in [-0.1, -0.05) is 178 Å². The van der Waals surface area contributed by atoms with Crippen LogP contribution in [-0.4, -0.2) is 37.2 Å². The van der Waals surface area contributed by atoms with Gasteiger partial charge in [0.05, 0.1) is 0 Å². The van der Waals surface area contributed by atoms with Crippen LogP contribution in [0, 0.1) is 0 Å². The Hall–Kier alpha value is -2.89. The minimum atomic E-state index is -0.796. The lowest BCUT2D eigenvalue weighted by molar-refractivity contribution is -0.167. The van der Waals surface area contributed by atoms with E-state index in [4.69, 9.17) is 14.2 Å². The summed E-state index contributed by atoms with van der Waals surface area (Å²) in [5, 5.41) is 0. The van der Waals surface area contributed by atoms with Crippen LogP contribution in [0.2, 0.25) is 0 Å². The lowest BCUT2D eigenvalue weighted by Crippen LogP contribution is -2.30. The van der Waals surface area contributed by atoms with E-state index in [2.05, 4.69) is 81.5 Å². The van der Waals surface area contributed by atoms with Crippen LogP contribution in [0.5, 0.6) is 0 Å². The highest BCUT2D eigenvalue weighted by molar-refractivity contribution is 5.71. The Bertz CT molecular complexity index is 1050. The summed E-state index contributed by atoms with van der Waals surface area (Å²) in [7, 11) is 0. The van der Waals surface area contributed by atoms with Gasteiger partial charge in [-0.2, -0.15) is 0 Å². The second kappa shape index (κ2) is 45.8. The molecule has 0 amide bonds. The number of ether oxygens (including phenoxy) is 3. The average molecular weight is 797 g/mol. The molecule has 1 atom stereocenters. The van der Waals surface area contributed by atoms with Gasteiger partial charge < -0.3 is 14.2 Å². The highest BCUT2D eigenvalue weighted by Gasteiger charge is 2.19. The fraction of sp³-hybridized carbons (Fsp3) is 0.745. The third kappa shape index (κ3) is 44.1. The maximum Gasteiger partial charge on any atom is 0.306 e. The number of hydrogen-bond donors (Lipinski definition) is 0. The van der Waals surface area contributed by atoms with Gasteiger partial charge >= 0.3 is 17.9 Å². The fourth-order valence-corrected chi connectivity index (χ4v) is 6.41. The van der Waals surface area contributed by atoms with Crippen LogP contribution in [0.4, 0.5) is 0 Å². The van der Waals surface area contributed by atoms with Gasteiger partial charge in [0.15, 0.2) is 6.10 Å². The molecule has 328 valence electrons. The molecule has 0 aliphatic heterocycles. The molecule has 0 radical (unpaired) electrons. The molecule has 0 aromatic heterocycles. The molecule has 57 heavy (non-hydrogen) atoms. The van der Waals surface area contributed by atoms with Crippen molar-refractivity contribution in [3.8, 4) is 0 Å². The van der Waals surface area contributed by atoms with Gasteiger partial charge in [-0.25, -0.2) is 0 Å². The zero-order valence-corrected chi connectivity index (χ0v) is 37.3. The monoisotopic (exact) mass is 797 g/mol. The Morgan fingerprint density at radius 3 is 1.26 bits per heavy atom. The number of carbonyl (C=O) groups is 3. The number of esters is 3. The lowest BCUT2D eigenvalue weighted by Gasteiger charge is -2.18. The van der Waals surface area contributed by atoms with E-state index >= 15 is 0 Å². The van der Waals surface area contributed by atoms with Crippen molar-refractivity contribution >= 4 is 17.9 Å². The summed E-state index contributed by atoms with van der Waals surface area (Å²) in [5.41, 5.74) is 0. The van der Waals surface area contributed by atoms with E-state index in [9.17, 15) is 14.4 Å². The van der Waals surface area contributed by atoms with Crippen molar-refractivity contribution in [3.63, 3.8) is 0 Å². The molecule has 0 aromatic carbocycles. The minimum absolute atomic E-state index is 0.0970. The van der Waals surface area contributed by atoms with Crippen molar-refractivity contribution in [2.24, 2.45) is 0 Å². The van der Waals surface area contributed by atoms with E-state index in [-0.39, 0.29) is 31.1 Å². The Labute approximate surface area is 351 Å². The van der Waals surface area contributed by atoms with Crippen LogP contribution < -0.4 is 0 Å². The third-order valence-electron chi connectivity index (χ3n) is 10.0. The molecule has 0 heterocycles. The van der Waals surface area contributed by atoms with Gasteiger partial charge in [-0.3, -0.25) is 14.4 Å². The van der Waals surface area contributed by atoms with E-state index in [0.717, 1.165) is 103 Å². The largest absolute Gasteiger partial charge is 0.462 e. The summed E-state index contributed by atoms with van der Waals surface area (Å²) in [6, 6.07) is 0. The Kier molecular flexibility index (Phi) is 43.5. The van der Waals surface area contributed by atoms with Crippen molar-refractivity contribution in [3.05, 3.63) is 60.8 Å². The molecule has 0 rings (SSSR count). The summed E-state index contributed by atoms with van der Waals surface area (Å²) < 4.78 is 16.6. The van der Waals surface area contributed by atoms with Gasteiger partial charge in [-0.15, -0.1) is 0 Å². The van der Waals surface area contributed by atoms with Gasteiger partial charge in [0.1, 0.15) is 13.2 Å². The Balaban J connectivity index is 4.38. The van der Waals surface area contributed by atoms with Crippen molar-refractivity contribution in [2.75, 3.05) is 13.2 Å². The molecule has 0 spiro atoms. The molecule has 0 aromatic rings. The maximum absolute atomic E-state index is 12.7. The Morgan fingerprint density at radius 2 is 0.754 bits per heavy atom. The van der Waals surface area contributed by atoms with Gasteiger partial charge in [0.25, 0.3) is 0 Å². The van der Waals surface area contributed by atoms with E-state index in [1.165, 1.54) is 77.0 Å². The standard InChI is InChI=1S/C51H88O6/c1-4-7-10-13-16-19-21-23-24-25-26-27-28-30-32-35-38-41-44-50(53)56-47-48(46-55-49(52)43-40-37-34-31-18-15-12-9-6-3)57-51(54)45-42-39-36-33-29-22-20-17-14-11-8-5-2/h8,11,17,20,24-27,31,34,48H,4-7,9-10,12-16,18-19,21-23,28-30,32-33,35-47H2,1-3H3/b11-8-,20-17-,25-24-,27-26-,34-31-. The maximum atomic E-state index is 12.7. The zero-order chi connectivity index (χ0) is 41.5. The van der Waals surface area contributed by atoms with Crippen LogP contribution >= 0.6 is 0 Å². The van der Waals surface area contributed by atoms with Crippen LogP contribution in [0.3, 0.4) is 0 Å². The second-order valence-electron chi connectivity index (χ2n) is 15.7. The first kappa shape index (κ1) is 54.1. The molecular formula is C51H88O6. The lowest BCUT2D eigenvalue weighted by atomic mass is 10.1. The molecule has 0 bridgehead atoms. The second-order valence-corrected chi connectivity index (χ2v) is 15.7. The summed E-state index contributed by atoms with van der Waals surface area (Å²) >= 11 is 0. The summed E-state index contributed by atoms with van der Waals surface area (Å²) in [5.74, 6) is -0.965. The first-order chi connectivity index (χ1) is 28.0. The predicted molar refractivity (Wildman–Crippen MR) is 242 cm³/mol. The van der Waals surface area contributed by atoms with Crippen LogP contribution in [0.15, 0.2) is 60.8 Å². The highest BCUT2D eigenvalue weighted by atomic mass is 16.6. The molecule has 0 saturated heterocycles. The summed E-state index contributed by atoms with van der Waals surface area (Å²) in [4.78, 5) is 37.7. The van der Waals surface area contributed by atoms with Gasteiger partial charge in [-0.05, 0) is 89.9 Å². The van der Waals surface area contributed by atoms with Crippen LogP contribution in [-0.2, 0) is 28.6 Å². The first-order valence-electron chi connectivity index (χ1n) is 23.8. The minimum Gasteiger partial charge on any atom is -0.462 e. The van der Waals surface area contributed by atoms with E-state index in [0.29, 0.717) is 25.7 Å². The zero-order valence-electron chi connectivity index (χ0n) is 37.3. The molecule has 1 unspecified atom stereocenters. The molecular weight excluding hydrogens is 709 g/mol. The molecule has 0 saturated carbocycles. The van der Waals surface area contributed by atoms with E-state index in [1.807, 2.05) is 0 Å². The highest BCUT2D eigenvalue weighted by Crippen LogP contribution is 2.13. The predicted octanol–water partition coefficient (Wildman–Crippen LogP) is 15.3. The number of carbonyl (C=O) groups excluding carboxylic acids is 3. The molecule has 0 aliphatic rings. The smallest absolute Gasteiger partial charge is 0.306 e. The van der Waals surface area contributed by atoms with Crippen LogP contribution in [0.25, 0.3) is 0 Å². The molecule has 0 fully saturated rings. The topological polar surface area (TPSA) is 78.9 Å². The van der Waals surface area contributed by atoms with Gasteiger partial charge in [0, 0.05) is 19.3 Å². The molecule has 6 nitrogen and oxygen atoms in total. The normalized spacial score (nSPS) is 12.5. The van der Waals surface area contributed by atoms with E-state index < -0.39 is 6.10 Å². The molecule has 0 N–H and O–H groups in total.